The average molecular weight is 289 g/mol. The van der Waals surface area contributed by atoms with E-state index >= 15 is 0 Å². The van der Waals surface area contributed by atoms with Crippen molar-refractivity contribution in [2.75, 3.05) is 18.4 Å². The molecule has 0 saturated carbocycles. The van der Waals surface area contributed by atoms with Crippen molar-refractivity contribution in [2.24, 2.45) is 0 Å². The van der Waals surface area contributed by atoms with Gasteiger partial charge in [0.15, 0.2) is 0 Å². The van der Waals surface area contributed by atoms with E-state index in [0.717, 1.165) is 37.1 Å². The Hall–Kier alpha value is -2.04. The Kier molecular flexibility index (Phi) is 5.20. The van der Waals surface area contributed by atoms with Crippen LogP contribution in [-0.4, -0.2) is 30.9 Å². The van der Waals surface area contributed by atoms with Crippen molar-refractivity contribution in [3.05, 3.63) is 29.3 Å². The third kappa shape index (κ3) is 3.97. The first-order chi connectivity index (χ1) is 10.1. The molecule has 0 spiro atoms. The summed E-state index contributed by atoms with van der Waals surface area (Å²) in [5, 5.41) is 8.83. The van der Waals surface area contributed by atoms with Crippen LogP contribution in [0.4, 0.5) is 5.69 Å². The topological polar surface area (TPSA) is 70.2 Å². The van der Waals surface area contributed by atoms with E-state index in [1.165, 1.54) is 0 Å². The molecule has 5 heteroatoms. The molecule has 0 fully saturated rings. The zero-order chi connectivity index (χ0) is 15.2. The molecule has 0 aromatic heterocycles. The van der Waals surface area contributed by atoms with Gasteiger partial charge in [-0.3, -0.25) is 9.59 Å². The van der Waals surface area contributed by atoms with Crippen LogP contribution < -0.4 is 16.0 Å². The zero-order valence-electron chi connectivity index (χ0n) is 12.7. The normalized spacial score (nSPS) is 14.6. The van der Waals surface area contributed by atoms with Crippen molar-refractivity contribution in [1.29, 1.82) is 0 Å². The molecule has 0 saturated heterocycles. The highest BCUT2D eigenvalue weighted by atomic mass is 16.2. The Morgan fingerprint density at radius 1 is 1.38 bits per heavy atom. The molecular formula is C16H23N3O2. The molecule has 21 heavy (non-hydrogen) atoms. The maximum atomic E-state index is 12.2. The summed E-state index contributed by atoms with van der Waals surface area (Å²) < 4.78 is 0. The minimum Gasteiger partial charge on any atom is -0.385 e. The van der Waals surface area contributed by atoms with Crippen LogP contribution in [0.15, 0.2) is 18.2 Å². The van der Waals surface area contributed by atoms with Gasteiger partial charge >= 0.3 is 0 Å². The van der Waals surface area contributed by atoms with Gasteiger partial charge in [0.25, 0.3) is 5.91 Å². The number of fused-ring (bicyclic) bond motifs is 1. The molecule has 114 valence electrons. The van der Waals surface area contributed by atoms with Crippen LogP contribution in [-0.2, 0) is 11.2 Å². The Morgan fingerprint density at radius 3 is 2.95 bits per heavy atom. The molecule has 0 aliphatic carbocycles. The van der Waals surface area contributed by atoms with E-state index in [0.29, 0.717) is 12.1 Å². The van der Waals surface area contributed by atoms with E-state index in [-0.39, 0.29) is 11.8 Å². The number of benzene rings is 1. The first-order valence-corrected chi connectivity index (χ1v) is 7.57. The lowest BCUT2D eigenvalue weighted by atomic mass is 10.0. The molecule has 5 nitrogen and oxygen atoms in total. The molecule has 2 rings (SSSR count). The van der Waals surface area contributed by atoms with Crippen LogP contribution in [0.1, 0.15) is 42.6 Å². The minimum absolute atomic E-state index is 0.148. The van der Waals surface area contributed by atoms with Crippen LogP contribution in [0.25, 0.3) is 0 Å². The van der Waals surface area contributed by atoms with Gasteiger partial charge in [-0.2, -0.15) is 0 Å². The molecule has 2 amide bonds. The Labute approximate surface area is 125 Å². The molecule has 0 bridgehead atoms. The molecule has 1 aromatic carbocycles. The average Bonchev–Trinajstić information content (AvgIpc) is 2.51. The van der Waals surface area contributed by atoms with E-state index in [1.54, 1.807) is 13.0 Å². The van der Waals surface area contributed by atoms with E-state index in [1.807, 2.05) is 19.1 Å². The van der Waals surface area contributed by atoms with Crippen LogP contribution in [0.3, 0.4) is 0 Å². The predicted octanol–water partition coefficient (Wildman–Crippen LogP) is 1.69. The maximum absolute atomic E-state index is 12.2. The fraction of sp³-hybridized carbons (Fsp3) is 0.500. The second kappa shape index (κ2) is 7.11. The molecule has 1 aromatic rings. The van der Waals surface area contributed by atoms with E-state index in [4.69, 9.17) is 0 Å². The number of hydrogen-bond donors (Lipinski definition) is 3. The lowest BCUT2D eigenvalue weighted by Crippen LogP contribution is -2.45. The van der Waals surface area contributed by atoms with Crippen molar-refractivity contribution < 1.29 is 9.59 Å². The summed E-state index contributed by atoms with van der Waals surface area (Å²) in [4.78, 5) is 24.0. The Balaban J connectivity index is 1.98. The fourth-order valence-corrected chi connectivity index (χ4v) is 2.36. The Bertz CT molecular complexity index is 528. The van der Waals surface area contributed by atoms with Gasteiger partial charge in [0, 0.05) is 24.3 Å². The summed E-state index contributed by atoms with van der Waals surface area (Å²) in [6.45, 7) is 5.30. The van der Waals surface area contributed by atoms with E-state index in [9.17, 15) is 9.59 Å². The fourth-order valence-electron chi connectivity index (χ4n) is 2.36. The number of aryl methyl sites for hydroxylation is 1. The largest absolute Gasteiger partial charge is 0.385 e. The van der Waals surface area contributed by atoms with Crippen LogP contribution in [0, 0.1) is 0 Å². The molecule has 1 heterocycles. The molecular weight excluding hydrogens is 266 g/mol. The van der Waals surface area contributed by atoms with Gasteiger partial charge in [-0.05, 0) is 49.9 Å². The minimum atomic E-state index is -0.529. The van der Waals surface area contributed by atoms with Crippen molar-refractivity contribution in [2.45, 2.75) is 39.2 Å². The van der Waals surface area contributed by atoms with Gasteiger partial charge in [0.2, 0.25) is 5.91 Å². The number of carbonyl (C=O) groups excluding carboxylic acids is 2. The second-order valence-corrected chi connectivity index (χ2v) is 5.39. The highest BCUT2D eigenvalue weighted by Gasteiger charge is 2.17. The van der Waals surface area contributed by atoms with Crippen molar-refractivity contribution in [3.8, 4) is 0 Å². The number of nitrogens with one attached hydrogen (secondary N) is 3. The van der Waals surface area contributed by atoms with Crippen LogP contribution >= 0.6 is 0 Å². The van der Waals surface area contributed by atoms with Gasteiger partial charge in [-0.15, -0.1) is 0 Å². The van der Waals surface area contributed by atoms with Crippen molar-refractivity contribution >= 4 is 17.5 Å². The summed E-state index contributed by atoms with van der Waals surface area (Å²) >= 11 is 0. The SMILES string of the molecule is CCCNC(=O)C(C)NC(=O)c1ccc2c(c1)CCCN2. The highest BCUT2D eigenvalue weighted by molar-refractivity contribution is 5.98. The van der Waals surface area contributed by atoms with Crippen LogP contribution in [0.2, 0.25) is 0 Å². The number of hydrogen-bond acceptors (Lipinski definition) is 3. The van der Waals surface area contributed by atoms with Crippen LogP contribution in [0.5, 0.6) is 0 Å². The monoisotopic (exact) mass is 289 g/mol. The summed E-state index contributed by atoms with van der Waals surface area (Å²) in [5.41, 5.74) is 2.87. The smallest absolute Gasteiger partial charge is 0.251 e. The van der Waals surface area contributed by atoms with Gasteiger partial charge in [0.05, 0.1) is 0 Å². The molecule has 1 atom stereocenters. The van der Waals surface area contributed by atoms with E-state index < -0.39 is 6.04 Å². The van der Waals surface area contributed by atoms with Gasteiger partial charge in [-0.25, -0.2) is 0 Å². The van der Waals surface area contributed by atoms with Gasteiger partial charge in [-0.1, -0.05) is 6.92 Å². The van der Waals surface area contributed by atoms with Gasteiger partial charge in [0.1, 0.15) is 6.04 Å². The molecule has 3 N–H and O–H groups in total. The third-order valence-corrected chi connectivity index (χ3v) is 3.60. The third-order valence-electron chi connectivity index (χ3n) is 3.60. The zero-order valence-corrected chi connectivity index (χ0v) is 12.7. The second-order valence-electron chi connectivity index (χ2n) is 5.39. The lowest BCUT2D eigenvalue weighted by molar-refractivity contribution is -0.122. The number of rotatable bonds is 5. The quantitative estimate of drug-likeness (QED) is 0.772. The summed E-state index contributed by atoms with van der Waals surface area (Å²) in [6.07, 6.45) is 2.94. The first-order valence-electron chi connectivity index (χ1n) is 7.57. The molecule has 1 aliphatic heterocycles. The number of amides is 2. The summed E-state index contributed by atoms with van der Waals surface area (Å²) in [5.74, 6) is -0.354. The van der Waals surface area contributed by atoms with Gasteiger partial charge < -0.3 is 16.0 Å². The maximum Gasteiger partial charge on any atom is 0.251 e. The molecule has 1 aliphatic rings. The van der Waals surface area contributed by atoms with E-state index in [2.05, 4.69) is 16.0 Å². The highest BCUT2D eigenvalue weighted by Crippen LogP contribution is 2.22. The predicted molar refractivity (Wildman–Crippen MR) is 83.5 cm³/mol. The molecule has 1 unspecified atom stereocenters. The summed E-state index contributed by atoms with van der Waals surface area (Å²) in [7, 11) is 0. The van der Waals surface area contributed by atoms with Crippen molar-refractivity contribution in [3.63, 3.8) is 0 Å². The molecule has 0 radical (unpaired) electrons. The lowest BCUT2D eigenvalue weighted by Gasteiger charge is -2.19. The Morgan fingerprint density at radius 2 is 2.19 bits per heavy atom. The standard InChI is InChI=1S/C16H23N3O2/c1-3-8-18-15(20)11(2)19-16(21)13-6-7-14-12(10-13)5-4-9-17-14/h6-7,10-11,17H,3-5,8-9H2,1-2H3,(H,18,20)(H,19,21). The van der Waals surface area contributed by atoms with Crippen molar-refractivity contribution in [1.82, 2.24) is 10.6 Å². The number of carbonyl (C=O) groups is 2. The number of anilines is 1. The summed E-state index contributed by atoms with van der Waals surface area (Å²) in [6, 6.07) is 5.11. The first kappa shape index (κ1) is 15.4.